The van der Waals surface area contributed by atoms with Crippen LogP contribution in [0.3, 0.4) is 0 Å². The number of amides is 1. The van der Waals surface area contributed by atoms with Gasteiger partial charge in [0, 0.05) is 5.69 Å². The summed E-state index contributed by atoms with van der Waals surface area (Å²) in [6.07, 6.45) is 0. The van der Waals surface area contributed by atoms with Crippen molar-refractivity contribution in [3.8, 4) is 0 Å². The second kappa shape index (κ2) is 5.44. The maximum Gasteiger partial charge on any atom is 0.246 e. The van der Waals surface area contributed by atoms with Gasteiger partial charge < -0.3 is 5.32 Å². The molecule has 0 spiro atoms. The van der Waals surface area contributed by atoms with Gasteiger partial charge in [-0.15, -0.1) is 16.4 Å². The lowest BCUT2D eigenvalue weighted by molar-refractivity contribution is -0.116. The van der Waals surface area contributed by atoms with Gasteiger partial charge in [0.15, 0.2) is 0 Å². The smallest absolute Gasteiger partial charge is 0.246 e. The van der Waals surface area contributed by atoms with Crippen molar-refractivity contribution in [2.45, 2.75) is 13.5 Å². The minimum Gasteiger partial charge on any atom is -0.324 e. The minimum atomic E-state index is -0.138. The summed E-state index contributed by atoms with van der Waals surface area (Å²) in [5.74, 6) is -0.138. The van der Waals surface area contributed by atoms with Crippen LogP contribution >= 0.6 is 11.3 Å². The standard InChI is InChI=1S/C16H13N5OS/c1-10-17-13-7-6-11(8-15(13)23-10)18-16(22)9-21-14-5-3-2-4-12(14)19-20-21/h2-8H,9H2,1H3,(H,18,22). The number of benzene rings is 2. The largest absolute Gasteiger partial charge is 0.324 e. The highest BCUT2D eigenvalue weighted by atomic mass is 32.1. The molecule has 23 heavy (non-hydrogen) atoms. The summed E-state index contributed by atoms with van der Waals surface area (Å²) in [5.41, 5.74) is 3.33. The zero-order valence-electron chi connectivity index (χ0n) is 12.4. The Morgan fingerprint density at radius 1 is 1.22 bits per heavy atom. The number of anilines is 1. The van der Waals surface area contributed by atoms with Gasteiger partial charge in [-0.25, -0.2) is 9.67 Å². The van der Waals surface area contributed by atoms with Crippen LogP contribution in [0.15, 0.2) is 42.5 Å². The molecule has 0 saturated heterocycles. The second-order valence-corrected chi connectivity index (χ2v) is 6.43. The van der Waals surface area contributed by atoms with E-state index in [-0.39, 0.29) is 12.5 Å². The molecule has 0 saturated carbocycles. The van der Waals surface area contributed by atoms with Crippen LogP contribution in [0.5, 0.6) is 0 Å². The van der Waals surface area contributed by atoms with Crippen molar-refractivity contribution in [3.63, 3.8) is 0 Å². The molecule has 4 aromatic rings. The molecule has 0 aliphatic rings. The Labute approximate surface area is 135 Å². The predicted molar refractivity (Wildman–Crippen MR) is 90.5 cm³/mol. The van der Waals surface area contributed by atoms with Crippen LogP contribution in [-0.4, -0.2) is 25.9 Å². The third kappa shape index (κ3) is 2.66. The fraction of sp³-hybridized carbons (Fsp3) is 0.125. The van der Waals surface area contributed by atoms with Crippen LogP contribution in [-0.2, 0) is 11.3 Å². The molecule has 114 valence electrons. The van der Waals surface area contributed by atoms with Crippen LogP contribution < -0.4 is 5.32 Å². The number of thiazole rings is 1. The molecule has 6 nitrogen and oxygen atoms in total. The molecule has 2 aromatic heterocycles. The van der Waals surface area contributed by atoms with Crippen LogP contribution in [0.2, 0.25) is 0 Å². The van der Waals surface area contributed by atoms with Gasteiger partial charge in [0.1, 0.15) is 12.1 Å². The third-order valence-corrected chi connectivity index (χ3v) is 4.43. The van der Waals surface area contributed by atoms with Gasteiger partial charge in [-0.2, -0.15) is 0 Å². The van der Waals surface area contributed by atoms with E-state index in [0.717, 1.165) is 31.9 Å². The topological polar surface area (TPSA) is 72.7 Å². The Bertz CT molecular complexity index is 1020. The lowest BCUT2D eigenvalue weighted by Crippen LogP contribution is -2.19. The molecule has 7 heteroatoms. The predicted octanol–water partition coefficient (Wildman–Crippen LogP) is 2.99. The average molecular weight is 323 g/mol. The summed E-state index contributed by atoms with van der Waals surface area (Å²) in [6, 6.07) is 13.3. The first-order valence-corrected chi connectivity index (χ1v) is 7.96. The van der Waals surface area contributed by atoms with E-state index in [9.17, 15) is 4.79 Å². The van der Waals surface area contributed by atoms with Gasteiger partial charge in [-0.3, -0.25) is 4.79 Å². The molecule has 4 rings (SSSR count). The zero-order valence-corrected chi connectivity index (χ0v) is 13.2. The number of para-hydroxylation sites is 1. The highest BCUT2D eigenvalue weighted by Gasteiger charge is 2.09. The molecule has 0 unspecified atom stereocenters. The molecule has 0 aliphatic heterocycles. The van der Waals surface area contributed by atoms with E-state index in [2.05, 4.69) is 20.6 Å². The highest BCUT2D eigenvalue weighted by molar-refractivity contribution is 7.18. The number of fused-ring (bicyclic) bond motifs is 2. The molecule has 0 radical (unpaired) electrons. The second-order valence-electron chi connectivity index (χ2n) is 5.20. The van der Waals surface area contributed by atoms with Gasteiger partial charge >= 0.3 is 0 Å². The number of carbonyl (C=O) groups excluding carboxylic acids is 1. The number of nitrogens with one attached hydrogen (secondary N) is 1. The molecule has 2 heterocycles. The van der Waals surface area contributed by atoms with E-state index in [1.165, 1.54) is 0 Å². The number of rotatable bonds is 3. The minimum absolute atomic E-state index is 0.125. The molecule has 1 N–H and O–H groups in total. The number of hydrogen-bond donors (Lipinski definition) is 1. The first-order chi connectivity index (χ1) is 11.2. The summed E-state index contributed by atoms with van der Waals surface area (Å²) in [7, 11) is 0. The fourth-order valence-electron chi connectivity index (χ4n) is 2.49. The number of carbonyl (C=O) groups is 1. The van der Waals surface area contributed by atoms with E-state index in [1.54, 1.807) is 16.0 Å². The molecule has 0 bridgehead atoms. The SMILES string of the molecule is Cc1nc2ccc(NC(=O)Cn3nnc4ccccc43)cc2s1. The van der Waals surface area contributed by atoms with Gasteiger partial charge in [0.25, 0.3) is 0 Å². The maximum atomic E-state index is 12.3. The molecule has 0 fully saturated rings. The molecular formula is C16H13N5OS. The summed E-state index contributed by atoms with van der Waals surface area (Å²) < 4.78 is 2.66. The Hall–Kier alpha value is -2.80. The zero-order chi connectivity index (χ0) is 15.8. The fourth-order valence-corrected chi connectivity index (χ4v) is 3.35. The van der Waals surface area contributed by atoms with Crippen molar-refractivity contribution >= 4 is 44.2 Å². The first kappa shape index (κ1) is 13.8. The van der Waals surface area contributed by atoms with Crippen molar-refractivity contribution in [3.05, 3.63) is 47.5 Å². The summed E-state index contributed by atoms with van der Waals surface area (Å²) in [5, 5.41) is 12.0. The van der Waals surface area contributed by atoms with E-state index in [4.69, 9.17) is 0 Å². The molecule has 2 aromatic carbocycles. The number of nitrogens with zero attached hydrogens (tertiary/aromatic N) is 4. The monoisotopic (exact) mass is 323 g/mol. The van der Waals surface area contributed by atoms with Gasteiger partial charge in [0.05, 0.1) is 20.7 Å². The van der Waals surface area contributed by atoms with Gasteiger partial charge in [0.2, 0.25) is 5.91 Å². The molecular weight excluding hydrogens is 310 g/mol. The quantitative estimate of drug-likeness (QED) is 0.629. The average Bonchev–Trinajstić information content (AvgIpc) is 3.10. The Morgan fingerprint density at radius 2 is 2.09 bits per heavy atom. The lowest BCUT2D eigenvalue weighted by atomic mass is 10.3. The third-order valence-electron chi connectivity index (χ3n) is 3.49. The Morgan fingerprint density at radius 3 is 3.00 bits per heavy atom. The van der Waals surface area contributed by atoms with E-state index in [1.807, 2.05) is 49.4 Å². The van der Waals surface area contributed by atoms with E-state index < -0.39 is 0 Å². The number of hydrogen-bond acceptors (Lipinski definition) is 5. The van der Waals surface area contributed by atoms with Crippen molar-refractivity contribution in [2.75, 3.05) is 5.32 Å². The summed E-state index contributed by atoms with van der Waals surface area (Å²) in [6.45, 7) is 2.10. The van der Waals surface area contributed by atoms with Crippen molar-refractivity contribution in [2.24, 2.45) is 0 Å². The van der Waals surface area contributed by atoms with Crippen molar-refractivity contribution < 1.29 is 4.79 Å². The van der Waals surface area contributed by atoms with Gasteiger partial charge in [-0.1, -0.05) is 17.3 Å². The highest BCUT2D eigenvalue weighted by Crippen LogP contribution is 2.24. The first-order valence-electron chi connectivity index (χ1n) is 7.14. The summed E-state index contributed by atoms with van der Waals surface area (Å²) >= 11 is 1.61. The van der Waals surface area contributed by atoms with Crippen molar-refractivity contribution in [1.29, 1.82) is 0 Å². The number of aromatic nitrogens is 4. The lowest BCUT2D eigenvalue weighted by Gasteiger charge is -2.05. The number of aryl methyl sites for hydroxylation is 1. The molecule has 1 amide bonds. The van der Waals surface area contributed by atoms with E-state index >= 15 is 0 Å². The van der Waals surface area contributed by atoms with Crippen LogP contribution in [0.4, 0.5) is 5.69 Å². The molecule has 0 atom stereocenters. The van der Waals surface area contributed by atoms with Crippen LogP contribution in [0, 0.1) is 6.92 Å². The Balaban J connectivity index is 1.54. The maximum absolute atomic E-state index is 12.3. The molecule has 0 aliphatic carbocycles. The normalized spacial score (nSPS) is 11.2. The van der Waals surface area contributed by atoms with Gasteiger partial charge in [-0.05, 0) is 37.3 Å². The van der Waals surface area contributed by atoms with Crippen LogP contribution in [0.1, 0.15) is 5.01 Å². The summed E-state index contributed by atoms with van der Waals surface area (Å²) in [4.78, 5) is 16.7. The van der Waals surface area contributed by atoms with E-state index in [0.29, 0.717) is 0 Å². The Kier molecular flexibility index (Phi) is 3.27. The van der Waals surface area contributed by atoms with Crippen molar-refractivity contribution in [1.82, 2.24) is 20.0 Å². The van der Waals surface area contributed by atoms with Crippen LogP contribution in [0.25, 0.3) is 21.3 Å².